The lowest BCUT2D eigenvalue weighted by Crippen LogP contribution is -2.35. The third-order valence-corrected chi connectivity index (χ3v) is 5.23. The fourth-order valence-electron chi connectivity index (χ4n) is 2.58. The highest BCUT2D eigenvalue weighted by molar-refractivity contribution is 7.87. The number of benzene rings is 2. The van der Waals surface area contributed by atoms with Crippen molar-refractivity contribution in [2.24, 2.45) is 0 Å². The lowest BCUT2D eigenvalue weighted by molar-refractivity contribution is 0.163. The normalized spacial score (nSPS) is 17.9. The van der Waals surface area contributed by atoms with Crippen molar-refractivity contribution < 1.29 is 17.7 Å². The molecule has 128 valence electrons. The molecule has 2 N–H and O–H groups in total. The van der Waals surface area contributed by atoms with Crippen molar-refractivity contribution in [3.05, 3.63) is 54.1 Å². The Labute approximate surface area is 141 Å². The SMILES string of the molecule is CCc1ccc(OS(=O)(=O)c2ccc(N3CCNC3O)cc2)cc1. The predicted octanol–water partition coefficient (Wildman–Crippen LogP) is 1.70. The Morgan fingerprint density at radius 3 is 2.38 bits per heavy atom. The van der Waals surface area contributed by atoms with Gasteiger partial charge in [0.05, 0.1) is 0 Å². The van der Waals surface area contributed by atoms with E-state index in [2.05, 4.69) is 5.32 Å². The molecule has 0 aliphatic carbocycles. The van der Waals surface area contributed by atoms with Gasteiger partial charge in [0, 0.05) is 18.8 Å². The Balaban J connectivity index is 1.76. The molecule has 3 rings (SSSR count). The van der Waals surface area contributed by atoms with Crippen molar-refractivity contribution in [1.29, 1.82) is 0 Å². The maximum absolute atomic E-state index is 12.4. The van der Waals surface area contributed by atoms with Gasteiger partial charge in [-0.1, -0.05) is 19.1 Å². The third-order valence-electron chi connectivity index (χ3n) is 3.97. The molecule has 24 heavy (non-hydrogen) atoms. The van der Waals surface area contributed by atoms with E-state index in [0.29, 0.717) is 13.1 Å². The van der Waals surface area contributed by atoms with Crippen LogP contribution in [0, 0.1) is 0 Å². The fraction of sp³-hybridized carbons (Fsp3) is 0.294. The highest BCUT2D eigenvalue weighted by Gasteiger charge is 2.23. The molecule has 1 saturated heterocycles. The van der Waals surface area contributed by atoms with Crippen LogP contribution in [0.15, 0.2) is 53.4 Å². The summed E-state index contributed by atoms with van der Waals surface area (Å²) in [5, 5.41) is 12.7. The monoisotopic (exact) mass is 348 g/mol. The summed E-state index contributed by atoms with van der Waals surface area (Å²) in [5.41, 5.74) is 1.86. The van der Waals surface area contributed by atoms with Gasteiger partial charge < -0.3 is 14.2 Å². The second-order valence-corrected chi connectivity index (χ2v) is 7.10. The van der Waals surface area contributed by atoms with Gasteiger partial charge >= 0.3 is 10.1 Å². The molecule has 0 saturated carbocycles. The van der Waals surface area contributed by atoms with Crippen LogP contribution in [0.2, 0.25) is 0 Å². The van der Waals surface area contributed by atoms with Gasteiger partial charge in [-0.25, -0.2) is 0 Å². The average Bonchev–Trinajstić information content (AvgIpc) is 3.01. The summed E-state index contributed by atoms with van der Waals surface area (Å²) < 4.78 is 29.9. The summed E-state index contributed by atoms with van der Waals surface area (Å²) in [4.78, 5) is 1.83. The van der Waals surface area contributed by atoms with E-state index in [-0.39, 0.29) is 10.6 Å². The lowest BCUT2D eigenvalue weighted by Gasteiger charge is -2.21. The van der Waals surface area contributed by atoms with Crippen LogP contribution in [0.25, 0.3) is 0 Å². The van der Waals surface area contributed by atoms with Crippen molar-refractivity contribution in [3.8, 4) is 5.75 Å². The van der Waals surface area contributed by atoms with Crippen LogP contribution >= 0.6 is 0 Å². The number of nitrogens with one attached hydrogen (secondary N) is 1. The van der Waals surface area contributed by atoms with Gasteiger partial charge in [0.15, 0.2) is 6.35 Å². The van der Waals surface area contributed by atoms with E-state index in [4.69, 9.17) is 4.18 Å². The van der Waals surface area contributed by atoms with Gasteiger partial charge in [0.25, 0.3) is 0 Å². The minimum absolute atomic E-state index is 0.0764. The summed E-state index contributed by atoms with van der Waals surface area (Å²) in [7, 11) is -3.88. The van der Waals surface area contributed by atoms with Gasteiger partial charge in [-0.2, -0.15) is 8.42 Å². The van der Waals surface area contributed by atoms with Crippen molar-refractivity contribution in [1.82, 2.24) is 5.32 Å². The van der Waals surface area contributed by atoms with Crippen molar-refractivity contribution in [2.75, 3.05) is 18.0 Å². The van der Waals surface area contributed by atoms with Crippen LogP contribution in [0.3, 0.4) is 0 Å². The quantitative estimate of drug-likeness (QED) is 0.801. The van der Waals surface area contributed by atoms with Crippen LogP contribution in [-0.2, 0) is 16.5 Å². The first-order chi connectivity index (χ1) is 11.5. The molecule has 2 aromatic rings. The summed E-state index contributed by atoms with van der Waals surface area (Å²) in [6, 6.07) is 13.3. The van der Waals surface area contributed by atoms with Gasteiger partial charge in [-0.05, 0) is 48.4 Å². The summed E-state index contributed by atoms with van der Waals surface area (Å²) in [6.07, 6.45) is 0.131. The summed E-state index contributed by atoms with van der Waals surface area (Å²) in [6.45, 7) is 3.37. The molecule has 1 heterocycles. The maximum atomic E-state index is 12.4. The first-order valence-electron chi connectivity index (χ1n) is 7.81. The van der Waals surface area contributed by atoms with E-state index in [1.807, 2.05) is 19.1 Å². The molecular formula is C17H20N2O4S. The molecule has 1 atom stereocenters. The molecule has 6 nitrogen and oxygen atoms in total. The molecule has 2 aromatic carbocycles. The van der Waals surface area contributed by atoms with E-state index >= 15 is 0 Å². The Hall–Kier alpha value is -2.09. The molecule has 0 amide bonds. The first kappa shape index (κ1) is 16.8. The Kier molecular flexibility index (Phi) is 4.75. The molecule has 7 heteroatoms. The number of anilines is 1. The minimum Gasteiger partial charge on any atom is -0.379 e. The van der Waals surface area contributed by atoms with Crippen molar-refractivity contribution >= 4 is 15.8 Å². The van der Waals surface area contributed by atoms with Gasteiger partial charge in [-0.3, -0.25) is 5.32 Å². The molecule has 0 spiro atoms. The number of hydrogen-bond donors (Lipinski definition) is 2. The van der Waals surface area contributed by atoms with Gasteiger partial charge in [0.1, 0.15) is 10.6 Å². The van der Waals surface area contributed by atoms with Crippen molar-refractivity contribution in [3.63, 3.8) is 0 Å². The van der Waals surface area contributed by atoms with Crippen molar-refractivity contribution in [2.45, 2.75) is 24.6 Å². The number of aliphatic hydroxyl groups is 1. The number of hydrogen-bond acceptors (Lipinski definition) is 6. The summed E-state index contributed by atoms with van der Waals surface area (Å²) >= 11 is 0. The molecule has 1 unspecified atom stereocenters. The van der Waals surface area contributed by atoms with Crippen LogP contribution in [0.4, 0.5) is 5.69 Å². The zero-order valence-corrected chi connectivity index (χ0v) is 14.2. The third kappa shape index (κ3) is 3.53. The average molecular weight is 348 g/mol. The molecule has 0 aromatic heterocycles. The Morgan fingerprint density at radius 1 is 1.17 bits per heavy atom. The standard InChI is InChI=1S/C17H20N2O4S/c1-2-13-3-7-15(8-4-13)23-24(21,22)16-9-5-14(6-10-16)19-12-11-18-17(19)20/h3-10,17-18,20H,2,11-12H2,1H3. The molecule has 1 aliphatic rings. The van der Waals surface area contributed by atoms with Gasteiger partial charge in [-0.15, -0.1) is 0 Å². The zero-order chi connectivity index (χ0) is 17.2. The van der Waals surface area contributed by atoms with Crippen LogP contribution in [-0.4, -0.2) is 33.0 Å². The van der Waals surface area contributed by atoms with Gasteiger partial charge in [0.2, 0.25) is 0 Å². The predicted molar refractivity (Wildman–Crippen MR) is 91.4 cm³/mol. The van der Waals surface area contributed by atoms with Crippen LogP contribution < -0.4 is 14.4 Å². The highest BCUT2D eigenvalue weighted by atomic mass is 32.2. The number of nitrogens with zero attached hydrogens (tertiary/aromatic N) is 1. The number of rotatable bonds is 5. The number of aliphatic hydroxyl groups excluding tert-OH is 1. The van der Waals surface area contributed by atoms with E-state index in [9.17, 15) is 13.5 Å². The van der Waals surface area contributed by atoms with E-state index < -0.39 is 16.5 Å². The maximum Gasteiger partial charge on any atom is 0.339 e. The van der Waals surface area contributed by atoms with Crippen LogP contribution in [0.5, 0.6) is 5.75 Å². The second kappa shape index (κ2) is 6.80. The lowest BCUT2D eigenvalue weighted by atomic mass is 10.2. The topological polar surface area (TPSA) is 78.9 Å². The van der Waals surface area contributed by atoms with E-state index in [1.165, 1.54) is 12.1 Å². The molecule has 0 radical (unpaired) electrons. The first-order valence-corrected chi connectivity index (χ1v) is 9.22. The molecule has 1 fully saturated rings. The highest BCUT2D eigenvalue weighted by Crippen LogP contribution is 2.23. The fourth-order valence-corrected chi connectivity index (χ4v) is 3.51. The summed E-state index contributed by atoms with van der Waals surface area (Å²) in [5.74, 6) is 0.287. The Morgan fingerprint density at radius 2 is 1.83 bits per heavy atom. The van der Waals surface area contributed by atoms with E-state index in [1.54, 1.807) is 29.2 Å². The van der Waals surface area contributed by atoms with E-state index in [0.717, 1.165) is 17.7 Å². The largest absolute Gasteiger partial charge is 0.379 e. The molecule has 0 bridgehead atoms. The molecular weight excluding hydrogens is 328 g/mol. The zero-order valence-electron chi connectivity index (χ0n) is 13.3. The van der Waals surface area contributed by atoms with Crippen LogP contribution in [0.1, 0.15) is 12.5 Å². The molecule has 1 aliphatic heterocycles. The minimum atomic E-state index is -3.88. The number of aryl methyl sites for hydroxylation is 1. The Bertz CT molecular complexity index is 788. The second-order valence-electron chi connectivity index (χ2n) is 5.55. The smallest absolute Gasteiger partial charge is 0.339 e.